The molecule has 2 aromatic rings. The second-order valence-electron chi connectivity index (χ2n) is 6.22. The van der Waals surface area contributed by atoms with E-state index in [1.54, 1.807) is 22.9 Å². The summed E-state index contributed by atoms with van der Waals surface area (Å²) in [6.07, 6.45) is 2.19. The number of nitrogens with zero attached hydrogens (tertiary/aromatic N) is 2. The van der Waals surface area contributed by atoms with Gasteiger partial charge in [-0.25, -0.2) is 13.1 Å². The average molecular weight is 347 g/mol. The number of aromatic nitrogens is 2. The summed E-state index contributed by atoms with van der Waals surface area (Å²) < 4.78 is 28.3. The predicted octanol–water partition coefficient (Wildman–Crippen LogP) is 2.35. The van der Waals surface area contributed by atoms with Gasteiger partial charge in [-0.3, -0.25) is 9.48 Å². The minimum Gasteiger partial charge on any atom is -0.269 e. The molecular formula is C17H21N3O3S. The molecule has 24 heavy (non-hydrogen) atoms. The number of hydrogen-bond donors (Lipinski definition) is 1. The lowest BCUT2D eigenvalue weighted by Crippen LogP contribution is -2.32. The van der Waals surface area contributed by atoms with Gasteiger partial charge in [0.1, 0.15) is 0 Å². The van der Waals surface area contributed by atoms with Gasteiger partial charge in [-0.05, 0) is 38.3 Å². The first kappa shape index (κ1) is 16.7. The maximum absolute atomic E-state index is 12.3. The Morgan fingerprint density at radius 1 is 1.29 bits per heavy atom. The second kappa shape index (κ2) is 6.39. The van der Waals surface area contributed by atoms with Crippen molar-refractivity contribution in [1.82, 2.24) is 14.5 Å². The Kier molecular flexibility index (Phi) is 4.45. The van der Waals surface area contributed by atoms with Crippen molar-refractivity contribution in [3.8, 4) is 0 Å². The van der Waals surface area contributed by atoms with Crippen LogP contribution in [0.3, 0.4) is 0 Å². The van der Waals surface area contributed by atoms with Crippen molar-refractivity contribution in [3.63, 3.8) is 0 Å². The molecular weight excluding hydrogens is 326 g/mol. The molecule has 1 aliphatic rings. The van der Waals surface area contributed by atoms with Crippen molar-refractivity contribution in [1.29, 1.82) is 0 Å². The number of carbonyl (C=O) groups excluding carboxylic acids is 1. The van der Waals surface area contributed by atoms with Crippen LogP contribution in [0, 0.1) is 6.92 Å². The van der Waals surface area contributed by atoms with E-state index >= 15 is 0 Å². The number of carbonyl (C=O) groups is 1. The SMILES string of the molecule is CCn1nc(C(=O)NS(=O)(=O)Cc2ccc(C)cc2)cc1C1CC1. The van der Waals surface area contributed by atoms with Crippen LogP contribution >= 0.6 is 0 Å². The molecule has 3 rings (SSSR count). The van der Waals surface area contributed by atoms with E-state index in [-0.39, 0.29) is 11.4 Å². The molecule has 0 bridgehead atoms. The Hall–Kier alpha value is -2.15. The second-order valence-corrected chi connectivity index (χ2v) is 7.94. The molecule has 1 aromatic carbocycles. The van der Waals surface area contributed by atoms with E-state index < -0.39 is 15.9 Å². The van der Waals surface area contributed by atoms with Gasteiger partial charge < -0.3 is 0 Å². The molecule has 1 amide bonds. The molecule has 0 aliphatic heterocycles. The Labute approximate surface area is 141 Å². The van der Waals surface area contributed by atoms with Crippen LogP contribution in [0.15, 0.2) is 30.3 Å². The van der Waals surface area contributed by atoms with E-state index in [0.717, 1.165) is 24.1 Å². The first-order valence-electron chi connectivity index (χ1n) is 8.06. The average Bonchev–Trinajstić information content (AvgIpc) is 3.27. The lowest BCUT2D eigenvalue weighted by molar-refractivity contribution is 0.0975. The molecule has 1 saturated carbocycles. The number of aryl methyl sites for hydroxylation is 2. The summed E-state index contributed by atoms with van der Waals surface area (Å²) in [6, 6.07) is 8.89. The van der Waals surface area contributed by atoms with E-state index in [2.05, 4.69) is 9.82 Å². The summed E-state index contributed by atoms with van der Waals surface area (Å²) >= 11 is 0. The van der Waals surface area contributed by atoms with Crippen molar-refractivity contribution in [2.45, 2.75) is 44.9 Å². The zero-order chi connectivity index (χ0) is 17.3. The molecule has 1 heterocycles. The first-order chi connectivity index (χ1) is 11.4. The third-order valence-corrected chi connectivity index (χ3v) is 5.27. The van der Waals surface area contributed by atoms with E-state index in [1.807, 2.05) is 26.0 Å². The summed E-state index contributed by atoms with van der Waals surface area (Å²) in [5, 5.41) is 4.23. The molecule has 1 N–H and O–H groups in total. The topological polar surface area (TPSA) is 81.1 Å². The summed E-state index contributed by atoms with van der Waals surface area (Å²) in [7, 11) is -3.76. The largest absolute Gasteiger partial charge is 0.285 e. The first-order valence-corrected chi connectivity index (χ1v) is 9.71. The van der Waals surface area contributed by atoms with Crippen LogP contribution in [0.2, 0.25) is 0 Å². The fraction of sp³-hybridized carbons (Fsp3) is 0.412. The molecule has 0 unspecified atom stereocenters. The fourth-order valence-corrected chi connectivity index (χ4v) is 3.73. The monoisotopic (exact) mass is 347 g/mol. The standard InChI is InChI=1S/C17H21N3O3S/c1-3-20-16(14-8-9-14)10-15(18-20)17(21)19-24(22,23)11-13-6-4-12(2)5-7-13/h4-7,10,14H,3,8-9,11H2,1-2H3,(H,19,21). The van der Waals surface area contributed by atoms with E-state index in [4.69, 9.17) is 0 Å². The normalized spacial score (nSPS) is 14.6. The van der Waals surface area contributed by atoms with Crippen LogP contribution in [0.1, 0.15) is 53.0 Å². The third kappa shape index (κ3) is 3.84. The highest BCUT2D eigenvalue weighted by Crippen LogP contribution is 2.40. The number of benzene rings is 1. The maximum Gasteiger partial charge on any atom is 0.285 e. The molecule has 6 nitrogen and oxygen atoms in total. The zero-order valence-electron chi connectivity index (χ0n) is 13.8. The molecule has 1 aromatic heterocycles. The van der Waals surface area contributed by atoms with Crippen molar-refractivity contribution < 1.29 is 13.2 Å². The predicted molar refractivity (Wildman–Crippen MR) is 91.1 cm³/mol. The van der Waals surface area contributed by atoms with Gasteiger partial charge in [0.25, 0.3) is 5.91 Å². The van der Waals surface area contributed by atoms with E-state index in [0.29, 0.717) is 18.0 Å². The molecule has 0 atom stereocenters. The van der Waals surface area contributed by atoms with Crippen molar-refractivity contribution >= 4 is 15.9 Å². The molecule has 0 saturated heterocycles. The molecule has 0 radical (unpaired) electrons. The van der Waals surface area contributed by atoms with Gasteiger partial charge in [0.2, 0.25) is 10.0 Å². The van der Waals surface area contributed by atoms with Crippen LogP contribution in [0.25, 0.3) is 0 Å². The molecule has 0 spiro atoms. The van der Waals surface area contributed by atoms with Gasteiger partial charge in [-0.15, -0.1) is 0 Å². The Balaban J connectivity index is 1.72. The van der Waals surface area contributed by atoms with Crippen LogP contribution in [0.5, 0.6) is 0 Å². The van der Waals surface area contributed by atoms with Crippen LogP contribution < -0.4 is 4.72 Å². The summed E-state index contributed by atoms with van der Waals surface area (Å²) in [6.45, 7) is 4.55. The zero-order valence-corrected chi connectivity index (χ0v) is 14.6. The highest BCUT2D eigenvalue weighted by Gasteiger charge is 2.29. The van der Waals surface area contributed by atoms with Crippen LogP contribution in [0.4, 0.5) is 0 Å². The van der Waals surface area contributed by atoms with Gasteiger partial charge in [-0.1, -0.05) is 29.8 Å². The summed E-state index contributed by atoms with van der Waals surface area (Å²) in [5.74, 6) is -0.456. The molecule has 128 valence electrons. The van der Waals surface area contributed by atoms with Crippen molar-refractivity contribution in [2.75, 3.05) is 0 Å². The van der Waals surface area contributed by atoms with Gasteiger partial charge in [-0.2, -0.15) is 5.10 Å². The maximum atomic E-state index is 12.3. The van der Waals surface area contributed by atoms with Crippen molar-refractivity contribution in [2.24, 2.45) is 0 Å². The molecule has 1 fully saturated rings. The Morgan fingerprint density at radius 2 is 1.96 bits per heavy atom. The third-order valence-electron chi connectivity index (χ3n) is 4.06. The number of sulfonamides is 1. The van der Waals surface area contributed by atoms with Crippen molar-refractivity contribution in [3.05, 3.63) is 52.8 Å². The van der Waals surface area contributed by atoms with Gasteiger partial charge >= 0.3 is 0 Å². The fourth-order valence-electron chi connectivity index (χ4n) is 2.64. The lowest BCUT2D eigenvalue weighted by Gasteiger charge is -2.06. The van der Waals surface area contributed by atoms with Gasteiger partial charge in [0.05, 0.1) is 5.75 Å². The number of nitrogens with one attached hydrogen (secondary N) is 1. The summed E-state index contributed by atoms with van der Waals surface area (Å²) in [4.78, 5) is 12.3. The number of amides is 1. The van der Waals surface area contributed by atoms with Crippen LogP contribution in [-0.4, -0.2) is 24.1 Å². The van der Waals surface area contributed by atoms with Crippen LogP contribution in [-0.2, 0) is 22.3 Å². The van der Waals surface area contributed by atoms with E-state index in [1.165, 1.54) is 0 Å². The molecule has 7 heteroatoms. The number of hydrogen-bond acceptors (Lipinski definition) is 4. The Morgan fingerprint density at radius 3 is 2.54 bits per heavy atom. The molecule has 1 aliphatic carbocycles. The highest BCUT2D eigenvalue weighted by molar-refractivity contribution is 7.89. The van der Waals surface area contributed by atoms with Gasteiger partial charge in [0.15, 0.2) is 5.69 Å². The minimum absolute atomic E-state index is 0.159. The highest BCUT2D eigenvalue weighted by atomic mass is 32.2. The number of rotatable bonds is 6. The smallest absolute Gasteiger partial charge is 0.269 e. The van der Waals surface area contributed by atoms with E-state index in [9.17, 15) is 13.2 Å². The van der Waals surface area contributed by atoms with Gasteiger partial charge in [0, 0.05) is 18.2 Å². The quantitative estimate of drug-likeness (QED) is 0.870. The lowest BCUT2D eigenvalue weighted by atomic mass is 10.2. The minimum atomic E-state index is -3.76. The Bertz CT molecular complexity index is 850. The summed E-state index contributed by atoms with van der Waals surface area (Å²) in [5.41, 5.74) is 2.86.